The molecule has 0 aromatic heterocycles. The fraction of sp³-hybridized carbons (Fsp3) is 1.00. The maximum absolute atomic E-state index is 11.3. The molecule has 0 rings (SSSR count). The van der Waals surface area contributed by atoms with E-state index in [0.29, 0.717) is 6.61 Å². The molecule has 0 fully saturated rings. The van der Waals surface area contributed by atoms with Crippen molar-refractivity contribution in [3.05, 3.63) is 0 Å². The van der Waals surface area contributed by atoms with Gasteiger partial charge in [0.25, 0.3) is 0 Å². The van der Waals surface area contributed by atoms with Gasteiger partial charge >= 0.3 is 0 Å². The molecule has 0 heterocycles. The molecule has 0 unspecified atom stereocenters. The van der Waals surface area contributed by atoms with Gasteiger partial charge in [-0.15, -0.1) is 0 Å². The molecule has 80 valence electrons. The molecule has 0 aliphatic rings. The van der Waals surface area contributed by atoms with Crippen molar-refractivity contribution in [2.24, 2.45) is 0 Å². The highest BCUT2D eigenvalue weighted by molar-refractivity contribution is 7.89. The van der Waals surface area contributed by atoms with E-state index >= 15 is 0 Å². The Kier molecular flexibility index (Phi) is 4.88. The van der Waals surface area contributed by atoms with Gasteiger partial charge in [0.2, 0.25) is 10.0 Å². The Morgan fingerprint density at radius 1 is 1.31 bits per heavy atom. The third kappa shape index (κ3) is 8.21. The van der Waals surface area contributed by atoms with Crippen LogP contribution in [-0.2, 0) is 14.8 Å². The van der Waals surface area contributed by atoms with Gasteiger partial charge in [0.05, 0.1) is 12.4 Å². The second-order valence-corrected chi connectivity index (χ2v) is 5.71. The summed E-state index contributed by atoms with van der Waals surface area (Å²) in [6, 6.07) is 0. The summed E-state index contributed by atoms with van der Waals surface area (Å²) in [7, 11) is -3.19. The summed E-state index contributed by atoms with van der Waals surface area (Å²) in [4.78, 5) is 0. The van der Waals surface area contributed by atoms with Gasteiger partial charge in [-0.05, 0) is 27.7 Å². The second-order valence-electron chi connectivity index (χ2n) is 3.87. The average Bonchev–Trinajstić information content (AvgIpc) is 1.81. The predicted octanol–water partition coefficient (Wildman–Crippen LogP) is 0.741. The van der Waals surface area contributed by atoms with Crippen LogP contribution < -0.4 is 4.72 Å². The van der Waals surface area contributed by atoms with E-state index in [1.165, 1.54) is 0 Å². The normalized spacial score (nSPS) is 13.2. The van der Waals surface area contributed by atoms with Crippen molar-refractivity contribution in [1.29, 1.82) is 0 Å². The number of hydrogen-bond acceptors (Lipinski definition) is 3. The van der Waals surface area contributed by atoms with Crippen LogP contribution in [0.4, 0.5) is 0 Å². The van der Waals surface area contributed by atoms with Gasteiger partial charge in [0, 0.05) is 12.1 Å². The van der Waals surface area contributed by atoms with Crippen LogP contribution in [0.2, 0.25) is 0 Å². The fourth-order valence-corrected chi connectivity index (χ4v) is 2.20. The molecule has 0 spiro atoms. The van der Waals surface area contributed by atoms with E-state index in [0.717, 1.165) is 0 Å². The summed E-state index contributed by atoms with van der Waals surface area (Å²) in [5, 5.41) is 0. The summed E-state index contributed by atoms with van der Waals surface area (Å²) in [5.41, 5.74) is -0.412. The van der Waals surface area contributed by atoms with E-state index in [-0.39, 0.29) is 12.4 Å². The Labute approximate surface area is 80.7 Å². The van der Waals surface area contributed by atoms with E-state index in [9.17, 15) is 8.42 Å². The monoisotopic (exact) mass is 209 g/mol. The minimum absolute atomic E-state index is 0.0259. The molecule has 0 amide bonds. The lowest BCUT2D eigenvalue weighted by molar-refractivity contribution is 0.163. The molecule has 0 aromatic rings. The van der Waals surface area contributed by atoms with Gasteiger partial charge in [0.15, 0.2) is 0 Å². The molecule has 0 aliphatic heterocycles. The third-order valence-electron chi connectivity index (χ3n) is 1.16. The van der Waals surface area contributed by atoms with Crippen molar-refractivity contribution >= 4 is 10.0 Å². The molecule has 4 nitrogen and oxygen atoms in total. The molecular formula is C8H19NO3S. The lowest BCUT2D eigenvalue weighted by Gasteiger charge is -2.20. The Balaban J connectivity index is 3.96. The lowest BCUT2D eigenvalue weighted by atomic mass is 10.1. The summed E-state index contributed by atoms with van der Waals surface area (Å²) in [6.07, 6.45) is 0. The van der Waals surface area contributed by atoms with Crippen LogP contribution in [0.5, 0.6) is 0 Å². The molecule has 0 aliphatic carbocycles. The number of ether oxygens (including phenoxy) is 1. The first-order valence-electron chi connectivity index (χ1n) is 4.36. The highest BCUT2D eigenvalue weighted by atomic mass is 32.2. The Hall–Kier alpha value is -0.130. The van der Waals surface area contributed by atoms with Crippen LogP contribution in [0.3, 0.4) is 0 Å². The van der Waals surface area contributed by atoms with E-state index in [1.807, 2.05) is 27.7 Å². The minimum atomic E-state index is -3.19. The third-order valence-corrected chi connectivity index (χ3v) is 2.79. The van der Waals surface area contributed by atoms with Crippen LogP contribution >= 0.6 is 0 Å². The van der Waals surface area contributed by atoms with Crippen LogP contribution in [0.15, 0.2) is 0 Å². The van der Waals surface area contributed by atoms with Gasteiger partial charge in [0.1, 0.15) is 0 Å². The van der Waals surface area contributed by atoms with E-state index in [4.69, 9.17) is 4.74 Å². The topological polar surface area (TPSA) is 55.4 Å². The fourth-order valence-electron chi connectivity index (χ4n) is 0.831. The van der Waals surface area contributed by atoms with Crippen molar-refractivity contribution in [2.45, 2.75) is 33.2 Å². The van der Waals surface area contributed by atoms with Crippen LogP contribution in [0.25, 0.3) is 0 Å². The number of sulfonamides is 1. The number of rotatable bonds is 5. The quantitative estimate of drug-likeness (QED) is 0.679. The first kappa shape index (κ1) is 12.9. The smallest absolute Gasteiger partial charge is 0.214 e. The van der Waals surface area contributed by atoms with E-state index < -0.39 is 15.6 Å². The molecule has 0 saturated heterocycles. The lowest BCUT2D eigenvalue weighted by Crippen LogP contribution is -2.42. The van der Waals surface area contributed by atoms with Crippen molar-refractivity contribution in [2.75, 3.05) is 19.0 Å². The first-order valence-corrected chi connectivity index (χ1v) is 6.01. The van der Waals surface area contributed by atoms with Gasteiger partial charge in [-0.25, -0.2) is 13.1 Å². The Morgan fingerprint density at radius 2 is 1.85 bits per heavy atom. The molecule has 0 radical (unpaired) electrons. The minimum Gasteiger partial charge on any atom is -0.381 e. The zero-order valence-electron chi connectivity index (χ0n) is 8.75. The maximum Gasteiger partial charge on any atom is 0.214 e. The van der Waals surface area contributed by atoms with Gasteiger partial charge < -0.3 is 4.74 Å². The summed E-state index contributed by atoms with van der Waals surface area (Å²) >= 11 is 0. The van der Waals surface area contributed by atoms with Crippen LogP contribution in [0.1, 0.15) is 27.7 Å². The molecular weight excluding hydrogens is 190 g/mol. The first-order chi connectivity index (χ1) is 5.77. The maximum atomic E-state index is 11.3. The standard InChI is InChI=1S/C8H19NO3S/c1-5-12-6-7-13(10,11)9-8(2,3)4/h9H,5-7H2,1-4H3. The highest BCUT2D eigenvalue weighted by Crippen LogP contribution is 2.01. The second kappa shape index (κ2) is 4.93. The molecule has 0 atom stereocenters. The summed E-state index contributed by atoms with van der Waals surface area (Å²) in [5.74, 6) is 0.0259. The molecule has 13 heavy (non-hydrogen) atoms. The van der Waals surface area contributed by atoms with Crippen molar-refractivity contribution in [3.63, 3.8) is 0 Å². The predicted molar refractivity (Wildman–Crippen MR) is 53.2 cm³/mol. The van der Waals surface area contributed by atoms with E-state index in [1.54, 1.807) is 0 Å². The van der Waals surface area contributed by atoms with E-state index in [2.05, 4.69) is 4.72 Å². The molecule has 5 heteroatoms. The zero-order chi connectivity index (χ0) is 10.5. The SMILES string of the molecule is CCOCCS(=O)(=O)NC(C)(C)C. The zero-order valence-corrected chi connectivity index (χ0v) is 9.57. The molecule has 0 saturated carbocycles. The van der Waals surface area contributed by atoms with Crippen molar-refractivity contribution in [1.82, 2.24) is 4.72 Å². The van der Waals surface area contributed by atoms with Crippen LogP contribution in [-0.4, -0.2) is 32.9 Å². The summed E-state index contributed by atoms with van der Waals surface area (Å²) in [6.45, 7) is 8.07. The highest BCUT2D eigenvalue weighted by Gasteiger charge is 2.19. The summed E-state index contributed by atoms with van der Waals surface area (Å²) < 4.78 is 30.2. The number of nitrogens with one attached hydrogen (secondary N) is 1. The Bertz CT molecular complexity index is 228. The van der Waals surface area contributed by atoms with Crippen molar-refractivity contribution in [3.8, 4) is 0 Å². The van der Waals surface area contributed by atoms with Crippen LogP contribution in [0, 0.1) is 0 Å². The Morgan fingerprint density at radius 3 is 2.23 bits per heavy atom. The molecule has 1 N–H and O–H groups in total. The van der Waals surface area contributed by atoms with Gasteiger partial charge in [-0.1, -0.05) is 0 Å². The largest absolute Gasteiger partial charge is 0.381 e. The van der Waals surface area contributed by atoms with Gasteiger partial charge in [-0.3, -0.25) is 0 Å². The number of hydrogen-bond donors (Lipinski definition) is 1. The average molecular weight is 209 g/mol. The van der Waals surface area contributed by atoms with Gasteiger partial charge in [-0.2, -0.15) is 0 Å². The molecule has 0 bridgehead atoms. The molecule has 0 aromatic carbocycles. The van der Waals surface area contributed by atoms with Crippen molar-refractivity contribution < 1.29 is 13.2 Å².